The smallest absolute Gasteiger partial charge is 0.408 e. The van der Waals surface area contributed by atoms with Gasteiger partial charge in [0.15, 0.2) is 0 Å². The third-order valence-corrected chi connectivity index (χ3v) is 6.51. The summed E-state index contributed by atoms with van der Waals surface area (Å²) in [6.45, 7) is 16.2. The fourth-order valence-electron chi connectivity index (χ4n) is 4.66. The molecule has 3 atom stereocenters. The minimum Gasteiger partial charge on any atom is -0.508 e. The van der Waals surface area contributed by atoms with Gasteiger partial charge in [0.2, 0.25) is 11.8 Å². The first-order valence-electron chi connectivity index (χ1n) is 14.1. The normalized spacial score (nSPS) is 14.0. The molecule has 3 amide bonds. The van der Waals surface area contributed by atoms with Crippen LogP contribution >= 0.6 is 0 Å². The summed E-state index contributed by atoms with van der Waals surface area (Å²) < 4.78 is 5.47. The van der Waals surface area contributed by atoms with Gasteiger partial charge in [-0.15, -0.1) is 0 Å². The number of hydrogen-bond acceptors (Lipinski definition) is 6. The first-order chi connectivity index (χ1) is 18.9. The van der Waals surface area contributed by atoms with Crippen molar-refractivity contribution in [1.29, 1.82) is 0 Å². The summed E-state index contributed by atoms with van der Waals surface area (Å²) >= 11 is 0. The minimum absolute atomic E-state index is 0.0703. The second-order valence-corrected chi connectivity index (χ2v) is 12.6. The molecule has 2 aromatic carbocycles. The highest BCUT2D eigenvalue weighted by molar-refractivity contribution is 5.93. The van der Waals surface area contributed by atoms with Gasteiger partial charge in [-0.05, 0) is 85.1 Å². The van der Waals surface area contributed by atoms with Crippen molar-refractivity contribution in [2.45, 2.75) is 111 Å². The molecular weight excluding hydrogens is 522 g/mol. The zero-order valence-electron chi connectivity index (χ0n) is 25.9. The molecule has 2 aromatic rings. The monoisotopic (exact) mass is 569 g/mol. The Morgan fingerprint density at radius 2 is 1.56 bits per heavy atom. The molecule has 9 nitrogen and oxygen atoms in total. The number of nitrogens with one attached hydrogen (secondary N) is 2. The largest absolute Gasteiger partial charge is 0.508 e. The zero-order valence-corrected chi connectivity index (χ0v) is 25.9. The molecule has 0 aromatic heterocycles. The molecule has 0 aliphatic carbocycles. The Hall–Kier alpha value is -3.75. The highest BCUT2D eigenvalue weighted by atomic mass is 16.6. The topological polar surface area (TPSA) is 128 Å². The summed E-state index contributed by atoms with van der Waals surface area (Å²) in [5.41, 5.74) is -0.176. The number of phenolic OH excluding ortho intramolecular Hbond substituents is 2. The van der Waals surface area contributed by atoms with Crippen LogP contribution in [0.4, 0.5) is 4.79 Å². The lowest BCUT2D eigenvalue weighted by atomic mass is 9.92. The number of nitrogens with zero attached hydrogens (tertiary/aromatic N) is 1. The first kappa shape index (κ1) is 33.5. The molecule has 4 N–H and O–H groups in total. The molecule has 226 valence electrons. The van der Waals surface area contributed by atoms with Gasteiger partial charge in [0.1, 0.15) is 29.2 Å². The van der Waals surface area contributed by atoms with Crippen molar-refractivity contribution in [3.05, 3.63) is 59.2 Å². The molecule has 3 unspecified atom stereocenters. The number of carbonyl (C=O) groups is 3. The van der Waals surface area contributed by atoms with Gasteiger partial charge in [-0.3, -0.25) is 9.59 Å². The predicted molar refractivity (Wildman–Crippen MR) is 160 cm³/mol. The lowest BCUT2D eigenvalue weighted by Crippen LogP contribution is -2.59. The predicted octanol–water partition coefficient (Wildman–Crippen LogP) is 5.52. The van der Waals surface area contributed by atoms with Crippen molar-refractivity contribution >= 4 is 17.9 Å². The molecule has 0 saturated carbocycles. The third kappa shape index (κ3) is 9.69. The van der Waals surface area contributed by atoms with E-state index in [4.69, 9.17) is 4.74 Å². The van der Waals surface area contributed by atoms with E-state index in [0.717, 1.165) is 12.8 Å². The fourth-order valence-corrected chi connectivity index (χ4v) is 4.66. The van der Waals surface area contributed by atoms with E-state index in [2.05, 4.69) is 10.6 Å². The van der Waals surface area contributed by atoms with E-state index in [0.29, 0.717) is 11.1 Å². The number of amides is 3. The number of alkyl carbamates (subject to hydrolysis) is 1. The van der Waals surface area contributed by atoms with Crippen molar-refractivity contribution < 1.29 is 29.3 Å². The van der Waals surface area contributed by atoms with E-state index < -0.39 is 41.1 Å². The Labute approximate surface area is 244 Å². The van der Waals surface area contributed by atoms with E-state index >= 15 is 0 Å². The Balaban J connectivity index is 2.67. The number of hydrogen-bond donors (Lipinski definition) is 4. The van der Waals surface area contributed by atoms with Crippen LogP contribution < -0.4 is 10.6 Å². The van der Waals surface area contributed by atoms with Gasteiger partial charge in [0.05, 0.1) is 0 Å². The minimum atomic E-state index is -1.19. The maximum absolute atomic E-state index is 14.5. The van der Waals surface area contributed by atoms with Crippen molar-refractivity contribution in [1.82, 2.24) is 15.5 Å². The molecule has 0 aliphatic rings. The van der Waals surface area contributed by atoms with Crippen LogP contribution in [-0.4, -0.2) is 56.2 Å². The Morgan fingerprint density at radius 3 is 2.10 bits per heavy atom. The highest BCUT2D eigenvalue weighted by Crippen LogP contribution is 2.36. The SMILES string of the molecule is CCCC(C)NC(=O)C(c1cccc(C)c1O)N(C(=O)C(Cc1ccc(O)cc1)NC(=O)OC(C)(C)C)C(C)(C)C. The first-order valence-corrected chi connectivity index (χ1v) is 14.1. The molecule has 0 aliphatic heterocycles. The fraction of sp³-hybridized carbons (Fsp3) is 0.531. The number of ether oxygens (including phenoxy) is 1. The van der Waals surface area contributed by atoms with Gasteiger partial charge >= 0.3 is 6.09 Å². The molecule has 0 fully saturated rings. The summed E-state index contributed by atoms with van der Waals surface area (Å²) in [5.74, 6) is -0.967. The average Bonchev–Trinajstić information content (AvgIpc) is 2.83. The maximum Gasteiger partial charge on any atom is 0.408 e. The van der Waals surface area contributed by atoms with Crippen molar-refractivity contribution in [3.63, 3.8) is 0 Å². The number of aromatic hydroxyl groups is 2. The van der Waals surface area contributed by atoms with E-state index in [9.17, 15) is 24.6 Å². The highest BCUT2D eigenvalue weighted by Gasteiger charge is 2.43. The second kappa shape index (κ2) is 13.7. The maximum atomic E-state index is 14.5. The third-order valence-electron chi connectivity index (χ3n) is 6.51. The lowest BCUT2D eigenvalue weighted by Gasteiger charge is -2.43. The number of aryl methyl sites for hydroxylation is 1. The molecule has 0 bridgehead atoms. The summed E-state index contributed by atoms with van der Waals surface area (Å²) in [7, 11) is 0. The summed E-state index contributed by atoms with van der Waals surface area (Å²) in [6.07, 6.45) is 0.897. The summed E-state index contributed by atoms with van der Waals surface area (Å²) in [4.78, 5) is 42.8. The van der Waals surface area contributed by atoms with Crippen LogP contribution in [0.5, 0.6) is 11.5 Å². The van der Waals surface area contributed by atoms with E-state index in [1.807, 2.05) is 13.8 Å². The molecule has 2 rings (SSSR count). The molecule has 0 heterocycles. The van der Waals surface area contributed by atoms with Gasteiger partial charge in [-0.25, -0.2) is 4.79 Å². The Kier molecular flexibility index (Phi) is 11.2. The number of rotatable bonds is 10. The number of phenols is 2. The Bertz CT molecular complexity index is 1200. The van der Waals surface area contributed by atoms with Crippen LogP contribution in [0.3, 0.4) is 0 Å². The van der Waals surface area contributed by atoms with Gasteiger partial charge in [-0.2, -0.15) is 0 Å². The standard InChI is InChI=1S/C32H47N3O6/c1-10-12-21(3)33-28(38)26(24-14-11-13-20(2)27(24)37)35(31(4,5)6)29(39)25(34-30(40)41-32(7,8)9)19-22-15-17-23(36)18-16-22/h11,13-18,21,25-26,36-37H,10,12,19H2,1-9H3,(H,33,38)(H,34,40). The van der Waals surface area contributed by atoms with Crippen LogP contribution in [0.1, 0.15) is 91.0 Å². The Morgan fingerprint density at radius 1 is 0.951 bits per heavy atom. The van der Waals surface area contributed by atoms with E-state index in [-0.39, 0.29) is 29.5 Å². The second-order valence-electron chi connectivity index (χ2n) is 12.6. The molecule has 0 radical (unpaired) electrons. The zero-order chi connectivity index (χ0) is 31.1. The van der Waals surface area contributed by atoms with Crippen molar-refractivity contribution in [2.75, 3.05) is 0 Å². The van der Waals surface area contributed by atoms with E-state index in [1.165, 1.54) is 17.0 Å². The van der Waals surface area contributed by atoms with Crippen LogP contribution in [-0.2, 0) is 20.7 Å². The van der Waals surface area contributed by atoms with Crippen LogP contribution in [0, 0.1) is 6.92 Å². The van der Waals surface area contributed by atoms with Crippen molar-refractivity contribution in [2.24, 2.45) is 0 Å². The van der Waals surface area contributed by atoms with Crippen LogP contribution in [0.2, 0.25) is 0 Å². The molecule has 0 saturated heterocycles. The number of para-hydroxylation sites is 1. The van der Waals surface area contributed by atoms with Gasteiger partial charge < -0.3 is 30.5 Å². The van der Waals surface area contributed by atoms with Gasteiger partial charge in [0.25, 0.3) is 0 Å². The average molecular weight is 570 g/mol. The molecule has 9 heteroatoms. The quantitative estimate of drug-likeness (QED) is 0.299. The van der Waals surface area contributed by atoms with Crippen molar-refractivity contribution in [3.8, 4) is 11.5 Å². The van der Waals surface area contributed by atoms with Crippen LogP contribution in [0.15, 0.2) is 42.5 Å². The number of carbonyl (C=O) groups excluding carboxylic acids is 3. The van der Waals surface area contributed by atoms with Gasteiger partial charge in [-0.1, -0.05) is 43.7 Å². The molecule has 41 heavy (non-hydrogen) atoms. The van der Waals surface area contributed by atoms with Crippen LogP contribution in [0.25, 0.3) is 0 Å². The van der Waals surface area contributed by atoms with E-state index in [1.54, 1.807) is 78.8 Å². The van der Waals surface area contributed by atoms with Gasteiger partial charge in [0, 0.05) is 23.6 Å². The summed E-state index contributed by atoms with van der Waals surface area (Å²) in [5, 5.41) is 26.6. The summed E-state index contributed by atoms with van der Waals surface area (Å²) in [6, 6.07) is 8.96. The lowest BCUT2D eigenvalue weighted by molar-refractivity contribution is -0.148. The number of benzene rings is 2. The molecule has 0 spiro atoms. The molecular formula is C32H47N3O6.